The molecule has 0 spiro atoms. The maximum atomic E-state index is 11.2. The number of carboxylic acid groups (broad SMARTS) is 1. The summed E-state index contributed by atoms with van der Waals surface area (Å²) in [6.45, 7) is 0.896. The van der Waals surface area contributed by atoms with E-state index in [2.05, 4.69) is 10.3 Å². The van der Waals surface area contributed by atoms with Crippen molar-refractivity contribution in [3.63, 3.8) is 0 Å². The molecule has 1 aliphatic heterocycles. The number of benzene rings is 1. The van der Waals surface area contributed by atoms with Crippen LogP contribution in [0.15, 0.2) is 30.3 Å². The average Bonchev–Trinajstić information content (AvgIpc) is 2.53. The van der Waals surface area contributed by atoms with E-state index in [4.69, 9.17) is 0 Å². The molecule has 2 aromatic rings. The number of pyridine rings is 1. The summed E-state index contributed by atoms with van der Waals surface area (Å²) in [5.41, 5.74) is 1.69. The number of hydrogen-bond acceptors (Lipinski definition) is 4. The standard InChI is InChI=1S/C16H18N2O2S/c19-16(20)15-9-14(12-3-1-2-4-13(12)18-15)17-10-11-5-7-21-8-6-11/h1-4,9,11H,5-8,10H2,(H,17,18)(H,19,20). The van der Waals surface area contributed by atoms with Crippen molar-refractivity contribution in [2.75, 3.05) is 23.4 Å². The summed E-state index contributed by atoms with van der Waals surface area (Å²) >= 11 is 2.01. The number of nitrogens with zero attached hydrogens (tertiary/aromatic N) is 1. The zero-order chi connectivity index (χ0) is 14.7. The van der Waals surface area contributed by atoms with Crippen molar-refractivity contribution in [3.05, 3.63) is 36.0 Å². The molecule has 0 amide bonds. The SMILES string of the molecule is O=C(O)c1cc(NCC2CCSCC2)c2ccccc2n1. The molecule has 110 valence electrons. The summed E-state index contributed by atoms with van der Waals surface area (Å²) in [6.07, 6.45) is 2.46. The molecule has 0 bridgehead atoms. The number of anilines is 1. The van der Waals surface area contributed by atoms with Crippen LogP contribution in [0.25, 0.3) is 10.9 Å². The number of aromatic carboxylic acids is 1. The fourth-order valence-electron chi connectivity index (χ4n) is 2.64. The van der Waals surface area contributed by atoms with Gasteiger partial charge in [0.2, 0.25) is 0 Å². The average molecular weight is 302 g/mol. The van der Waals surface area contributed by atoms with Crippen LogP contribution in [0.1, 0.15) is 23.3 Å². The maximum Gasteiger partial charge on any atom is 0.354 e. The number of aromatic nitrogens is 1. The summed E-state index contributed by atoms with van der Waals surface area (Å²) in [5, 5.41) is 13.6. The number of carbonyl (C=O) groups is 1. The van der Waals surface area contributed by atoms with Gasteiger partial charge < -0.3 is 10.4 Å². The minimum absolute atomic E-state index is 0.0930. The van der Waals surface area contributed by atoms with Gasteiger partial charge in [0.05, 0.1) is 5.52 Å². The Balaban J connectivity index is 1.86. The van der Waals surface area contributed by atoms with Crippen molar-refractivity contribution in [3.8, 4) is 0 Å². The Morgan fingerprint density at radius 3 is 2.86 bits per heavy atom. The molecule has 1 aromatic carbocycles. The summed E-state index contributed by atoms with van der Waals surface area (Å²) in [7, 11) is 0. The first-order valence-corrected chi connectivity index (χ1v) is 8.34. The van der Waals surface area contributed by atoms with Crippen molar-refractivity contribution >= 4 is 34.3 Å². The third-order valence-corrected chi connectivity index (χ3v) is 4.91. The van der Waals surface area contributed by atoms with E-state index in [0.717, 1.165) is 23.1 Å². The van der Waals surface area contributed by atoms with Crippen molar-refractivity contribution in [2.24, 2.45) is 5.92 Å². The summed E-state index contributed by atoms with van der Waals surface area (Å²) in [5.74, 6) is 2.14. The molecule has 0 saturated carbocycles. The van der Waals surface area contributed by atoms with E-state index in [1.54, 1.807) is 6.07 Å². The van der Waals surface area contributed by atoms with Gasteiger partial charge in [0.1, 0.15) is 0 Å². The molecule has 1 saturated heterocycles. The van der Waals surface area contributed by atoms with Crippen molar-refractivity contribution < 1.29 is 9.90 Å². The monoisotopic (exact) mass is 302 g/mol. The van der Waals surface area contributed by atoms with Crippen molar-refractivity contribution in [2.45, 2.75) is 12.8 Å². The summed E-state index contributed by atoms with van der Waals surface area (Å²) in [6, 6.07) is 9.30. The highest BCUT2D eigenvalue weighted by Crippen LogP contribution is 2.26. The Kier molecular flexibility index (Phi) is 4.29. The molecule has 0 atom stereocenters. The van der Waals surface area contributed by atoms with Crippen molar-refractivity contribution in [1.29, 1.82) is 0 Å². The van der Waals surface area contributed by atoms with Gasteiger partial charge in [-0.15, -0.1) is 0 Å². The largest absolute Gasteiger partial charge is 0.477 e. The van der Waals surface area contributed by atoms with E-state index >= 15 is 0 Å². The molecule has 3 rings (SSSR count). The van der Waals surface area contributed by atoms with Crippen LogP contribution < -0.4 is 5.32 Å². The van der Waals surface area contributed by atoms with Gasteiger partial charge >= 0.3 is 5.97 Å². The van der Waals surface area contributed by atoms with E-state index in [-0.39, 0.29) is 5.69 Å². The highest BCUT2D eigenvalue weighted by atomic mass is 32.2. The fraction of sp³-hybridized carbons (Fsp3) is 0.375. The Morgan fingerprint density at radius 1 is 1.33 bits per heavy atom. The number of fused-ring (bicyclic) bond motifs is 1. The van der Waals surface area contributed by atoms with Crippen LogP contribution >= 0.6 is 11.8 Å². The lowest BCUT2D eigenvalue weighted by molar-refractivity contribution is 0.0691. The first-order chi connectivity index (χ1) is 10.2. The molecule has 21 heavy (non-hydrogen) atoms. The van der Waals surface area contributed by atoms with Crippen LogP contribution in [-0.4, -0.2) is 34.1 Å². The Labute approximate surface area is 128 Å². The highest BCUT2D eigenvalue weighted by molar-refractivity contribution is 7.99. The summed E-state index contributed by atoms with van der Waals surface area (Å²) < 4.78 is 0. The Bertz CT molecular complexity index is 654. The first-order valence-electron chi connectivity index (χ1n) is 7.19. The molecular weight excluding hydrogens is 284 g/mol. The molecule has 5 heteroatoms. The normalized spacial score (nSPS) is 16.0. The number of hydrogen-bond donors (Lipinski definition) is 2. The highest BCUT2D eigenvalue weighted by Gasteiger charge is 2.15. The predicted octanol–water partition coefficient (Wildman–Crippen LogP) is 3.49. The van der Waals surface area contributed by atoms with Gasteiger partial charge in [-0.25, -0.2) is 9.78 Å². The molecule has 0 aliphatic carbocycles. The number of para-hydroxylation sites is 1. The van der Waals surface area contributed by atoms with Gasteiger partial charge in [0.25, 0.3) is 0 Å². The number of thioether (sulfide) groups is 1. The third kappa shape index (κ3) is 3.29. The van der Waals surface area contributed by atoms with E-state index in [9.17, 15) is 9.90 Å². The second-order valence-electron chi connectivity index (χ2n) is 5.31. The van der Waals surface area contributed by atoms with Gasteiger partial charge in [-0.3, -0.25) is 0 Å². The van der Waals surface area contributed by atoms with E-state index in [1.807, 2.05) is 36.0 Å². The predicted molar refractivity (Wildman–Crippen MR) is 87.2 cm³/mol. The van der Waals surface area contributed by atoms with Crippen LogP contribution in [0.5, 0.6) is 0 Å². The second-order valence-corrected chi connectivity index (χ2v) is 6.54. The van der Waals surface area contributed by atoms with Gasteiger partial charge in [0.15, 0.2) is 5.69 Å². The molecule has 1 fully saturated rings. The van der Waals surface area contributed by atoms with Crippen LogP contribution in [-0.2, 0) is 0 Å². The van der Waals surface area contributed by atoms with Crippen LogP contribution in [0.2, 0.25) is 0 Å². The third-order valence-electron chi connectivity index (χ3n) is 3.86. The van der Waals surface area contributed by atoms with E-state index in [1.165, 1.54) is 24.3 Å². The number of carboxylic acids is 1. The van der Waals surface area contributed by atoms with Crippen LogP contribution in [0.4, 0.5) is 5.69 Å². The molecule has 1 aromatic heterocycles. The van der Waals surface area contributed by atoms with E-state index in [0.29, 0.717) is 5.92 Å². The second kappa shape index (κ2) is 6.35. The fourth-order valence-corrected chi connectivity index (χ4v) is 3.84. The van der Waals surface area contributed by atoms with Gasteiger partial charge in [-0.05, 0) is 42.4 Å². The lowest BCUT2D eigenvalue weighted by Crippen LogP contribution is -2.19. The maximum absolute atomic E-state index is 11.2. The minimum atomic E-state index is -0.988. The quantitative estimate of drug-likeness (QED) is 0.905. The van der Waals surface area contributed by atoms with Gasteiger partial charge in [0, 0.05) is 17.6 Å². The number of nitrogens with one attached hydrogen (secondary N) is 1. The van der Waals surface area contributed by atoms with E-state index < -0.39 is 5.97 Å². The lowest BCUT2D eigenvalue weighted by Gasteiger charge is -2.22. The Hall–Kier alpha value is -1.75. The zero-order valence-corrected chi connectivity index (χ0v) is 12.5. The van der Waals surface area contributed by atoms with Crippen LogP contribution in [0, 0.1) is 5.92 Å². The van der Waals surface area contributed by atoms with Gasteiger partial charge in [-0.1, -0.05) is 18.2 Å². The number of rotatable bonds is 4. The Morgan fingerprint density at radius 2 is 2.10 bits per heavy atom. The zero-order valence-electron chi connectivity index (χ0n) is 11.7. The molecule has 0 unspecified atom stereocenters. The van der Waals surface area contributed by atoms with Crippen molar-refractivity contribution in [1.82, 2.24) is 4.98 Å². The smallest absolute Gasteiger partial charge is 0.354 e. The molecule has 0 radical (unpaired) electrons. The topological polar surface area (TPSA) is 62.2 Å². The minimum Gasteiger partial charge on any atom is -0.477 e. The molecule has 1 aliphatic rings. The molecule has 4 nitrogen and oxygen atoms in total. The first kappa shape index (κ1) is 14.2. The van der Waals surface area contributed by atoms with Gasteiger partial charge in [-0.2, -0.15) is 11.8 Å². The molecule has 2 heterocycles. The molecular formula is C16H18N2O2S. The van der Waals surface area contributed by atoms with Crippen LogP contribution in [0.3, 0.4) is 0 Å². The summed E-state index contributed by atoms with van der Waals surface area (Å²) in [4.78, 5) is 15.4. The lowest BCUT2D eigenvalue weighted by atomic mass is 10.0. The molecule has 2 N–H and O–H groups in total.